The summed E-state index contributed by atoms with van der Waals surface area (Å²) in [4.78, 5) is 24.4. The monoisotopic (exact) mass is 294 g/mol. The lowest BCUT2D eigenvalue weighted by Gasteiger charge is -2.23. The van der Waals surface area contributed by atoms with Crippen LogP contribution in [0.2, 0.25) is 0 Å². The van der Waals surface area contributed by atoms with Crippen LogP contribution in [0.15, 0.2) is 30.3 Å². The normalized spacial score (nSPS) is 11.7. The first-order chi connectivity index (χ1) is 10.1. The number of hydrogen-bond donors (Lipinski definition) is 2. The summed E-state index contributed by atoms with van der Waals surface area (Å²) in [5, 5.41) is 11.4. The highest BCUT2D eigenvalue weighted by atomic mass is 16.5. The highest BCUT2D eigenvalue weighted by Crippen LogP contribution is 2.04. The van der Waals surface area contributed by atoms with Gasteiger partial charge < -0.3 is 20.1 Å². The Kier molecular flexibility index (Phi) is 7.25. The van der Waals surface area contributed by atoms with Gasteiger partial charge in [-0.25, -0.2) is 4.79 Å². The molecule has 1 rings (SSSR count). The number of rotatable bonds is 8. The van der Waals surface area contributed by atoms with E-state index in [0.717, 1.165) is 5.56 Å². The van der Waals surface area contributed by atoms with Crippen LogP contribution in [-0.4, -0.2) is 48.3 Å². The second kappa shape index (κ2) is 8.97. The largest absolute Gasteiger partial charge is 0.481 e. The minimum atomic E-state index is -0.951. The van der Waals surface area contributed by atoms with Gasteiger partial charge in [-0.2, -0.15) is 0 Å². The molecule has 1 aromatic rings. The van der Waals surface area contributed by atoms with Crippen LogP contribution in [0, 0.1) is 0 Å². The minimum absolute atomic E-state index is 0.137. The molecule has 1 atom stereocenters. The third-order valence-electron chi connectivity index (χ3n) is 3.10. The summed E-state index contributed by atoms with van der Waals surface area (Å²) < 4.78 is 5.03. The van der Waals surface area contributed by atoms with Gasteiger partial charge in [0.2, 0.25) is 0 Å². The molecule has 0 radical (unpaired) electrons. The van der Waals surface area contributed by atoms with Crippen LogP contribution in [-0.2, 0) is 16.1 Å². The summed E-state index contributed by atoms with van der Waals surface area (Å²) in [5.41, 5.74) is 1.04. The zero-order valence-electron chi connectivity index (χ0n) is 12.4. The number of urea groups is 1. The molecule has 2 amide bonds. The van der Waals surface area contributed by atoms with Crippen molar-refractivity contribution in [2.45, 2.75) is 26.0 Å². The lowest BCUT2D eigenvalue weighted by atomic mass is 10.2. The van der Waals surface area contributed by atoms with E-state index < -0.39 is 12.1 Å². The van der Waals surface area contributed by atoms with Crippen LogP contribution in [0.4, 0.5) is 4.79 Å². The van der Waals surface area contributed by atoms with Crippen molar-refractivity contribution in [2.75, 3.05) is 20.2 Å². The SMILES string of the molecule is CCN(Cc1ccccc1)C(=O)NCC(CC(=O)O)OC. The number of ether oxygens (including phenoxy) is 1. The number of carbonyl (C=O) groups excluding carboxylic acids is 1. The zero-order chi connectivity index (χ0) is 15.7. The Balaban J connectivity index is 2.49. The number of carbonyl (C=O) groups is 2. The van der Waals surface area contributed by atoms with E-state index >= 15 is 0 Å². The molecular formula is C15H22N2O4. The number of benzene rings is 1. The molecule has 6 nitrogen and oxygen atoms in total. The predicted octanol–water partition coefficient (Wildman–Crippen LogP) is 1.71. The maximum absolute atomic E-state index is 12.1. The Labute approximate surface area is 124 Å². The molecule has 0 saturated heterocycles. The Bertz CT molecular complexity index is 450. The van der Waals surface area contributed by atoms with E-state index in [2.05, 4.69) is 5.32 Å². The molecule has 0 aliphatic rings. The van der Waals surface area contributed by atoms with Gasteiger partial charge in [0.05, 0.1) is 12.5 Å². The van der Waals surface area contributed by atoms with Crippen LogP contribution >= 0.6 is 0 Å². The van der Waals surface area contributed by atoms with Crippen molar-refractivity contribution >= 4 is 12.0 Å². The van der Waals surface area contributed by atoms with Crippen molar-refractivity contribution in [1.82, 2.24) is 10.2 Å². The number of carboxylic acids is 1. The van der Waals surface area contributed by atoms with Crippen molar-refractivity contribution in [3.05, 3.63) is 35.9 Å². The topological polar surface area (TPSA) is 78.9 Å². The smallest absolute Gasteiger partial charge is 0.317 e. The lowest BCUT2D eigenvalue weighted by molar-refractivity contribution is -0.139. The molecule has 116 valence electrons. The first-order valence-electron chi connectivity index (χ1n) is 6.88. The number of methoxy groups -OCH3 is 1. The minimum Gasteiger partial charge on any atom is -0.481 e. The average Bonchev–Trinajstić information content (AvgIpc) is 2.49. The molecule has 0 aromatic heterocycles. The van der Waals surface area contributed by atoms with Crippen molar-refractivity contribution in [1.29, 1.82) is 0 Å². The van der Waals surface area contributed by atoms with Crippen LogP contribution in [0.1, 0.15) is 18.9 Å². The molecule has 0 heterocycles. The summed E-state index contributed by atoms with van der Waals surface area (Å²) in [6.45, 7) is 3.15. The Morgan fingerprint density at radius 1 is 1.33 bits per heavy atom. The Hall–Kier alpha value is -2.08. The van der Waals surface area contributed by atoms with Gasteiger partial charge in [0.1, 0.15) is 0 Å². The third kappa shape index (κ3) is 6.27. The van der Waals surface area contributed by atoms with Gasteiger partial charge in [-0.1, -0.05) is 30.3 Å². The second-order valence-corrected chi connectivity index (χ2v) is 4.64. The number of aliphatic carboxylic acids is 1. The van der Waals surface area contributed by atoms with Gasteiger partial charge in [0.25, 0.3) is 0 Å². The molecule has 0 saturated carbocycles. The Morgan fingerprint density at radius 3 is 2.52 bits per heavy atom. The molecule has 21 heavy (non-hydrogen) atoms. The molecule has 1 unspecified atom stereocenters. The highest BCUT2D eigenvalue weighted by molar-refractivity contribution is 5.74. The Morgan fingerprint density at radius 2 is 2.00 bits per heavy atom. The van der Waals surface area contributed by atoms with Gasteiger partial charge in [0.15, 0.2) is 0 Å². The molecule has 0 bridgehead atoms. The second-order valence-electron chi connectivity index (χ2n) is 4.64. The lowest BCUT2D eigenvalue weighted by Crippen LogP contribution is -2.43. The van der Waals surface area contributed by atoms with Crippen LogP contribution in [0.3, 0.4) is 0 Å². The maximum atomic E-state index is 12.1. The van der Waals surface area contributed by atoms with Gasteiger partial charge in [-0.15, -0.1) is 0 Å². The van der Waals surface area contributed by atoms with Gasteiger partial charge in [-0.05, 0) is 12.5 Å². The van der Waals surface area contributed by atoms with Crippen molar-refractivity contribution < 1.29 is 19.4 Å². The van der Waals surface area contributed by atoms with E-state index in [4.69, 9.17) is 9.84 Å². The predicted molar refractivity (Wildman–Crippen MR) is 79.0 cm³/mol. The molecule has 0 aliphatic heterocycles. The van der Waals surface area contributed by atoms with E-state index in [1.807, 2.05) is 37.3 Å². The summed E-state index contributed by atoms with van der Waals surface area (Å²) in [6, 6.07) is 9.46. The maximum Gasteiger partial charge on any atom is 0.317 e. The zero-order valence-corrected chi connectivity index (χ0v) is 12.4. The molecule has 1 aromatic carbocycles. The summed E-state index contributed by atoms with van der Waals surface area (Å²) in [7, 11) is 1.43. The van der Waals surface area contributed by atoms with Gasteiger partial charge in [0, 0.05) is 26.7 Å². The van der Waals surface area contributed by atoms with Crippen LogP contribution in [0.25, 0.3) is 0 Å². The van der Waals surface area contributed by atoms with E-state index in [-0.39, 0.29) is 19.0 Å². The average molecular weight is 294 g/mol. The van der Waals surface area contributed by atoms with Gasteiger partial charge >= 0.3 is 12.0 Å². The van der Waals surface area contributed by atoms with E-state index in [9.17, 15) is 9.59 Å². The standard InChI is InChI=1S/C15H22N2O4/c1-3-17(11-12-7-5-4-6-8-12)15(20)16-10-13(21-2)9-14(18)19/h4-8,13H,3,9-11H2,1-2H3,(H,16,20)(H,18,19). The number of nitrogens with one attached hydrogen (secondary N) is 1. The number of amides is 2. The van der Waals surface area contributed by atoms with E-state index in [1.165, 1.54) is 7.11 Å². The third-order valence-corrected chi connectivity index (χ3v) is 3.10. The van der Waals surface area contributed by atoms with Crippen molar-refractivity contribution in [3.8, 4) is 0 Å². The van der Waals surface area contributed by atoms with E-state index in [0.29, 0.717) is 13.1 Å². The number of nitrogens with zero attached hydrogens (tertiary/aromatic N) is 1. The fourth-order valence-electron chi connectivity index (χ4n) is 1.88. The molecule has 0 fully saturated rings. The number of carboxylic acid groups (broad SMARTS) is 1. The van der Waals surface area contributed by atoms with Crippen LogP contribution < -0.4 is 5.32 Å². The summed E-state index contributed by atoms with van der Waals surface area (Å²) in [6.07, 6.45) is -0.663. The molecule has 0 aliphatic carbocycles. The fraction of sp³-hybridized carbons (Fsp3) is 0.467. The highest BCUT2D eigenvalue weighted by Gasteiger charge is 2.16. The van der Waals surface area contributed by atoms with Crippen molar-refractivity contribution in [3.63, 3.8) is 0 Å². The van der Waals surface area contributed by atoms with Crippen LogP contribution in [0.5, 0.6) is 0 Å². The first-order valence-corrected chi connectivity index (χ1v) is 6.88. The van der Waals surface area contributed by atoms with Gasteiger partial charge in [-0.3, -0.25) is 4.79 Å². The fourth-order valence-corrected chi connectivity index (χ4v) is 1.88. The molecule has 0 spiro atoms. The quantitative estimate of drug-likeness (QED) is 0.765. The summed E-state index contributed by atoms with van der Waals surface area (Å²) in [5.74, 6) is -0.951. The van der Waals surface area contributed by atoms with E-state index in [1.54, 1.807) is 4.90 Å². The van der Waals surface area contributed by atoms with Crippen molar-refractivity contribution in [2.24, 2.45) is 0 Å². The summed E-state index contributed by atoms with van der Waals surface area (Å²) >= 11 is 0. The first kappa shape index (κ1) is 17.0. The number of hydrogen-bond acceptors (Lipinski definition) is 3. The molecular weight excluding hydrogens is 272 g/mol. The molecule has 2 N–H and O–H groups in total. The molecule has 6 heteroatoms.